The molecule has 2 aromatic heterocycles. The van der Waals surface area contributed by atoms with Crippen LogP contribution in [0.1, 0.15) is 22.4 Å². The highest BCUT2D eigenvalue weighted by Gasteiger charge is 2.41. The molecule has 0 saturated heterocycles. The number of nitro groups is 1. The fourth-order valence-electron chi connectivity index (χ4n) is 5.14. The molecule has 40 heavy (non-hydrogen) atoms. The smallest absolute Gasteiger partial charge is 0.262 e. The molecule has 6 aromatic rings. The van der Waals surface area contributed by atoms with Crippen LogP contribution in [0.25, 0.3) is 22.5 Å². The van der Waals surface area contributed by atoms with E-state index in [9.17, 15) is 10.1 Å². The highest BCUT2D eigenvalue weighted by atomic mass is 16.6. The van der Waals surface area contributed by atoms with Gasteiger partial charge in [-0.2, -0.15) is 0 Å². The minimum atomic E-state index is -0.955. The van der Waals surface area contributed by atoms with Gasteiger partial charge in [0.1, 0.15) is 0 Å². The molecule has 0 amide bonds. The normalized spacial score (nSPS) is 11.3. The van der Waals surface area contributed by atoms with Gasteiger partial charge in [-0.15, -0.1) is 15.0 Å². The summed E-state index contributed by atoms with van der Waals surface area (Å²) in [5.41, 5.74) is 4.77. The summed E-state index contributed by atoms with van der Waals surface area (Å²) >= 11 is 0. The van der Waals surface area contributed by atoms with Crippen molar-refractivity contribution in [3.63, 3.8) is 0 Å². The lowest BCUT2D eigenvalue weighted by Crippen LogP contribution is -2.39. The van der Waals surface area contributed by atoms with Gasteiger partial charge in [0, 0.05) is 29.6 Å². The van der Waals surface area contributed by atoms with E-state index in [1.165, 1.54) is 12.1 Å². The first kappa shape index (κ1) is 24.8. The first-order chi connectivity index (χ1) is 19.6. The SMILES string of the molecule is Cc1cc(-c2ccc([N+](=O)[O-])cc2-c2nnn(C(c3ccccc3)(c3ccccc3)c3ccccc3)n2)ccn1. The van der Waals surface area contributed by atoms with Crippen LogP contribution in [0.5, 0.6) is 0 Å². The number of tetrazole rings is 1. The van der Waals surface area contributed by atoms with Gasteiger partial charge in [0.05, 0.1) is 4.92 Å². The molecule has 0 aliphatic carbocycles. The van der Waals surface area contributed by atoms with Gasteiger partial charge in [0.15, 0.2) is 5.54 Å². The van der Waals surface area contributed by atoms with Crippen molar-refractivity contribution in [2.24, 2.45) is 0 Å². The van der Waals surface area contributed by atoms with Gasteiger partial charge in [-0.1, -0.05) is 91.0 Å². The Balaban J connectivity index is 1.63. The van der Waals surface area contributed by atoms with Gasteiger partial charge < -0.3 is 0 Å². The maximum absolute atomic E-state index is 11.7. The molecule has 8 heteroatoms. The summed E-state index contributed by atoms with van der Waals surface area (Å²) in [7, 11) is 0. The molecule has 0 aliphatic heterocycles. The first-order valence-corrected chi connectivity index (χ1v) is 12.8. The van der Waals surface area contributed by atoms with Crippen LogP contribution in [0.3, 0.4) is 0 Å². The predicted octanol–water partition coefficient (Wildman–Crippen LogP) is 6.46. The molecule has 0 saturated carbocycles. The van der Waals surface area contributed by atoms with Crippen molar-refractivity contribution in [3.8, 4) is 22.5 Å². The van der Waals surface area contributed by atoms with Crippen molar-refractivity contribution in [2.45, 2.75) is 12.5 Å². The molecule has 194 valence electrons. The number of non-ortho nitro benzene ring substituents is 1. The Morgan fingerprint density at radius 3 is 1.82 bits per heavy atom. The first-order valence-electron chi connectivity index (χ1n) is 12.8. The molecule has 0 aliphatic rings. The maximum atomic E-state index is 11.7. The van der Waals surface area contributed by atoms with Crippen molar-refractivity contribution in [2.75, 3.05) is 0 Å². The summed E-state index contributed by atoms with van der Waals surface area (Å²) in [6, 6.07) is 38.6. The molecule has 0 spiro atoms. The van der Waals surface area contributed by atoms with E-state index < -0.39 is 10.5 Å². The zero-order valence-corrected chi connectivity index (χ0v) is 21.6. The zero-order valence-electron chi connectivity index (χ0n) is 21.6. The Kier molecular flexibility index (Phi) is 6.41. The van der Waals surface area contributed by atoms with Crippen LogP contribution in [-0.2, 0) is 5.54 Å². The van der Waals surface area contributed by atoms with Crippen LogP contribution in [0.4, 0.5) is 5.69 Å². The summed E-state index contributed by atoms with van der Waals surface area (Å²) in [5, 5.41) is 25.8. The Morgan fingerprint density at radius 2 is 1.30 bits per heavy atom. The van der Waals surface area contributed by atoms with Crippen LogP contribution in [0.2, 0.25) is 0 Å². The second-order valence-corrected chi connectivity index (χ2v) is 9.38. The Morgan fingerprint density at radius 1 is 0.725 bits per heavy atom. The third kappa shape index (κ3) is 4.31. The maximum Gasteiger partial charge on any atom is 0.270 e. The van der Waals surface area contributed by atoms with Crippen molar-refractivity contribution in [3.05, 3.63) is 160 Å². The summed E-state index contributed by atoms with van der Waals surface area (Å²) in [6.07, 6.45) is 1.71. The Labute approximate surface area is 230 Å². The van der Waals surface area contributed by atoms with E-state index in [1.54, 1.807) is 17.1 Å². The molecule has 0 N–H and O–H groups in total. The minimum Gasteiger partial charge on any atom is -0.262 e. The van der Waals surface area contributed by atoms with Gasteiger partial charge in [0.25, 0.3) is 5.69 Å². The number of hydrogen-bond acceptors (Lipinski definition) is 6. The van der Waals surface area contributed by atoms with Crippen LogP contribution >= 0.6 is 0 Å². The largest absolute Gasteiger partial charge is 0.270 e. The molecule has 0 unspecified atom stereocenters. The molecule has 6 rings (SSSR count). The lowest BCUT2D eigenvalue weighted by molar-refractivity contribution is -0.384. The summed E-state index contributed by atoms with van der Waals surface area (Å²) < 4.78 is 0. The molecular formula is C32H24N6O2. The number of hydrogen-bond donors (Lipinski definition) is 0. The molecular weight excluding hydrogens is 500 g/mol. The summed E-state index contributed by atoms with van der Waals surface area (Å²) in [4.78, 5) is 17.2. The standard InChI is InChI=1S/C32H24N6O2/c1-23-21-24(19-20-33-23)29-18-17-28(37(39)40)22-30(29)31-34-36-38(35-31)32(25-11-5-2-6-12-25,26-13-7-3-8-14-26)27-15-9-4-10-16-27/h2-22H,1H3. The van der Waals surface area contributed by atoms with Gasteiger partial charge in [-0.25, -0.2) is 0 Å². The highest BCUT2D eigenvalue weighted by molar-refractivity contribution is 5.82. The van der Waals surface area contributed by atoms with Crippen molar-refractivity contribution < 1.29 is 4.92 Å². The van der Waals surface area contributed by atoms with Crippen LogP contribution in [-0.4, -0.2) is 30.1 Å². The third-order valence-corrected chi connectivity index (χ3v) is 6.95. The summed E-state index contributed by atoms with van der Waals surface area (Å²) in [6.45, 7) is 1.90. The molecule has 2 heterocycles. The van der Waals surface area contributed by atoms with Crippen LogP contribution in [0, 0.1) is 17.0 Å². The van der Waals surface area contributed by atoms with Crippen molar-refractivity contribution >= 4 is 5.69 Å². The molecule has 4 aromatic carbocycles. The zero-order chi connectivity index (χ0) is 27.5. The van der Waals surface area contributed by atoms with Crippen molar-refractivity contribution in [1.82, 2.24) is 25.2 Å². The number of nitrogens with zero attached hydrogens (tertiary/aromatic N) is 6. The number of nitro benzene ring substituents is 1. The molecule has 0 atom stereocenters. The van der Waals surface area contributed by atoms with Gasteiger partial charge in [0.2, 0.25) is 5.82 Å². The Hall–Kier alpha value is -5.50. The molecule has 0 fully saturated rings. The minimum absolute atomic E-state index is 0.0543. The summed E-state index contributed by atoms with van der Waals surface area (Å²) in [5.74, 6) is 0.278. The molecule has 0 radical (unpaired) electrons. The number of aryl methyl sites for hydroxylation is 1. The quantitative estimate of drug-likeness (QED) is 0.135. The fourth-order valence-corrected chi connectivity index (χ4v) is 5.14. The molecule has 8 nitrogen and oxygen atoms in total. The third-order valence-electron chi connectivity index (χ3n) is 6.95. The number of rotatable bonds is 7. The second-order valence-electron chi connectivity index (χ2n) is 9.38. The molecule has 0 bridgehead atoms. The van der Waals surface area contributed by atoms with E-state index in [-0.39, 0.29) is 11.5 Å². The second kappa shape index (κ2) is 10.3. The lowest BCUT2D eigenvalue weighted by atomic mass is 9.77. The van der Waals surface area contributed by atoms with E-state index in [1.807, 2.05) is 110 Å². The average Bonchev–Trinajstić information content (AvgIpc) is 3.49. The van der Waals surface area contributed by atoms with E-state index in [0.717, 1.165) is 33.5 Å². The predicted molar refractivity (Wildman–Crippen MR) is 152 cm³/mol. The lowest BCUT2D eigenvalue weighted by Gasteiger charge is -2.34. The van der Waals surface area contributed by atoms with Crippen LogP contribution < -0.4 is 0 Å². The van der Waals surface area contributed by atoms with E-state index in [4.69, 9.17) is 5.10 Å². The van der Waals surface area contributed by atoms with E-state index in [2.05, 4.69) is 15.3 Å². The number of pyridine rings is 1. The number of aromatic nitrogens is 5. The van der Waals surface area contributed by atoms with Gasteiger partial charge in [-0.3, -0.25) is 15.1 Å². The Bertz CT molecular complexity index is 1690. The van der Waals surface area contributed by atoms with Crippen LogP contribution in [0.15, 0.2) is 128 Å². The van der Waals surface area contributed by atoms with E-state index in [0.29, 0.717) is 5.56 Å². The topological polar surface area (TPSA) is 99.6 Å². The van der Waals surface area contributed by atoms with Crippen molar-refractivity contribution in [1.29, 1.82) is 0 Å². The fraction of sp³-hybridized carbons (Fsp3) is 0.0625. The highest BCUT2D eigenvalue weighted by Crippen LogP contribution is 2.40. The van der Waals surface area contributed by atoms with Gasteiger partial charge in [-0.05, 0) is 58.2 Å². The van der Waals surface area contributed by atoms with E-state index >= 15 is 0 Å². The monoisotopic (exact) mass is 524 g/mol. The average molecular weight is 525 g/mol. The number of benzene rings is 4. The van der Waals surface area contributed by atoms with Gasteiger partial charge >= 0.3 is 0 Å².